The number of allylic oxidation sites excluding steroid dienone is 1. The summed E-state index contributed by atoms with van der Waals surface area (Å²) < 4.78 is 5.23. The molecule has 21 heavy (non-hydrogen) atoms. The SMILES string of the molecule is C=CC[C@@H]1CN(C(=O)OC(C)(C)C)C[C@]1(N=[N+]=[N-])C(=O)O. The summed E-state index contributed by atoms with van der Waals surface area (Å²) >= 11 is 0. The monoisotopic (exact) mass is 296 g/mol. The molecule has 0 aromatic carbocycles. The highest BCUT2D eigenvalue weighted by atomic mass is 16.6. The average Bonchev–Trinajstić information content (AvgIpc) is 2.69. The van der Waals surface area contributed by atoms with Crippen LogP contribution in [0.15, 0.2) is 17.8 Å². The Labute approximate surface area is 123 Å². The summed E-state index contributed by atoms with van der Waals surface area (Å²) in [6, 6.07) is 0. The number of nitrogens with zero attached hydrogens (tertiary/aromatic N) is 4. The van der Waals surface area contributed by atoms with Crippen molar-refractivity contribution in [3.8, 4) is 0 Å². The van der Waals surface area contributed by atoms with Gasteiger partial charge in [0, 0.05) is 23.9 Å². The largest absolute Gasteiger partial charge is 0.481 e. The van der Waals surface area contributed by atoms with Crippen LogP contribution in [0.25, 0.3) is 10.4 Å². The molecule has 1 aliphatic rings. The number of carboxylic acid groups (broad SMARTS) is 1. The van der Waals surface area contributed by atoms with E-state index in [1.54, 1.807) is 26.8 Å². The number of carbonyl (C=O) groups excluding carboxylic acids is 1. The van der Waals surface area contributed by atoms with Crippen molar-refractivity contribution in [3.05, 3.63) is 23.1 Å². The molecule has 0 unspecified atom stereocenters. The second-order valence-corrected chi connectivity index (χ2v) is 6.00. The molecule has 8 heteroatoms. The second kappa shape index (κ2) is 6.05. The molecule has 0 aliphatic carbocycles. The summed E-state index contributed by atoms with van der Waals surface area (Å²) in [5.41, 5.74) is 6.31. The molecule has 1 heterocycles. The van der Waals surface area contributed by atoms with Crippen molar-refractivity contribution in [1.29, 1.82) is 0 Å². The molecule has 0 bridgehead atoms. The molecule has 1 fully saturated rings. The van der Waals surface area contributed by atoms with Crippen LogP contribution in [-0.4, -0.2) is 46.3 Å². The fraction of sp³-hybridized carbons (Fsp3) is 0.692. The highest BCUT2D eigenvalue weighted by molar-refractivity contribution is 5.82. The van der Waals surface area contributed by atoms with Gasteiger partial charge in [0.05, 0.1) is 0 Å². The van der Waals surface area contributed by atoms with Gasteiger partial charge >= 0.3 is 12.1 Å². The van der Waals surface area contributed by atoms with E-state index in [-0.39, 0.29) is 13.1 Å². The van der Waals surface area contributed by atoms with Gasteiger partial charge in [-0.3, -0.25) is 4.79 Å². The van der Waals surface area contributed by atoms with Crippen LogP contribution in [0.3, 0.4) is 0 Å². The first-order valence-electron chi connectivity index (χ1n) is 6.54. The smallest absolute Gasteiger partial charge is 0.410 e. The van der Waals surface area contributed by atoms with E-state index >= 15 is 0 Å². The van der Waals surface area contributed by atoms with Gasteiger partial charge in [0.25, 0.3) is 0 Å². The molecule has 0 radical (unpaired) electrons. The maximum absolute atomic E-state index is 12.1. The molecule has 0 aromatic rings. The summed E-state index contributed by atoms with van der Waals surface area (Å²) in [4.78, 5) is 27.6. The Morgan fingerprint density at radius 3 is 2.67 bits per heavy atom. The van der Waals surface area contributed by atoms with Gasteiger partial charge in [0.2, 0.25) is 0 Å². The minimum atomic E-state index is -1.68. The molecule has 0 aromatic heterocycles. The normalized spacial score (nSPS) is 25.1. The van der Waals surface area contributed by atoms with E-state index in [1.807, 2.05) is 0 Å². The molecular weight excluding hydrogens is 276 g/mol. The summed E-state index contributed by atoms with van der Waals surface area (Å²) in [6.07, 6.45) is 1.26. The maximum atomic E-state index is 12.1. The first-order valence-corrected chi connectivity index (χ1v) is 6.54. The Kier molecular flexibility index (Phi) is 4.85. The third-order valence-corrected chi connectivity index (χ3v) is 3.24. The van der Waals surface area contributed by atoms with Gasteiger partial charge in [-0.25, -0.2) is 4.79 Å². The number of aliphatic carboxylic acids is 1. The van der Waals surface area contributed by atoms with Crippen LogP contribution in [0.5, 0.6) is 0 Å². The minimum absolute atomic E-state index is 0.145. The number of azide groups is 1. The molecule has 1 saturated heterocycles. The summed E-state index contributed by atoms with van der Waals surface area (Å²) in [5, 5.41) is 12.9. The Morgan fingerprint density at radius 1 is 1.62 bits per heavy atom. The molecule has 1 amide bonds. The molecular formula is C13H20N4O4. The number of ether oxygens (including phenoxy) is 1. The summed E-state index contributed by atoms with van der Waals surface area (Å²) in [7, 11) is 0. The predicted octanol–water partition coefficient (Wildman–Crippen LogP) is 2.56. The lowest BCUT2D eigenvalue weighted by Gasteiger charge is -2.25. The van der Waals surface area contributed by atoms with E-state index in [2.05, 4.69) is 16.6 Å². The second-order valence-electron chi connectivity index (χ2n) is 6.00. The summed E-state index contributed by atoms with van der Waals surface area (Å²) in [6.45, 7) is 8.68. The van der Waals surface area contributed by atoms with Gasteiger partial charge < -0.3 is 14.7 Å². The fourth-order valence-corrected chi connectivity index (χ4v) is 2.32. The van der Waals surface area contributed by atoms with Gasteiger partial charge in [-0.2, -0.15) is 0 Å². The van der Waals surface area contributed by atoms with Gasteiger partial charge in [0.15, 0.2) is 5.54 Å². The van der Waals surface area contributed by atoms with Crippen molar-refractivity contribution < 1.29 is 19.4 Å². The molecule has 116 valence electrons. The van der Waals surface area contributed by atoms with E-state index in [0.29, 0.717) is 6.42 Å². The van der Waals surface area contributed by atoms with Crippen LogP contribution in [-0.2, 0) is 9.53 Å². The lowest BCUT2D eigenvalue weighted by atomic mass is 9.85. The van der Waals surface area contributed by atoms with Crippen LogP contribution in [0.4, 0.5) is 4.79 Å². The van der Waals surface area contributed by atoms with Crippen molar-refractivity contribution in [2.24, 2.45) is 11.0 Å². The quantitative estimate of drug-likeness (QED) is 0.371. The van der Waals surface area contributed by atoms with E-state index in [9.17, 15) is 14.7 Å². The third kappa shape index (κ3) is 3.66. The number of hydrogen-bond acceptors (Lipinski definition) is 4. The van der Waals surface area contributed by atoms with Gasteiger partial charge in [0.1, 0.15) is 5.60 Å². The fourth-order valence-electron chi connectivity index (χ4n) is 2.32. The first-order chi connectivity index (χ1) is 9.66. The Bertz CT molecular complexity index is 489. The highest BCUT2D eigenvalue weighted by Gasteiger charge is 2.53. The van der Waals surface area contributed by atoms with Crippen molar-refractivity contribution in [1.82, 2.24) is 4.90 Å². The average molecular weight is 296 g/mol. The van der Waals surface area contributed by atoms with E-state index in [4.69, 9.17) is 10.3 Å². The highest BCUT2D eigenvalue weighted by Crippen LogP contribution is 2.35. The standard InChI is InChI=1S/C13H20N4O4/c1-5-6-9-7-17(11(20)21-12(2,3)4)8-13(9,10(18)19)15-16-14/h5,9H,1,6-8H2,2-4H3,(H,18,19)/t9-,13-/m1/s1. The summed E-state index contributed by atoms with van der Waals surface area (Å²) in [5.74, 6) is -1.78. The van der Waals surface area contributed by atoms with Gasteiger partial charge in [-0.15, -0.1) is 6.58 Å². The number of carboxylic acids is 1. The number of likely N-dealkylation sites (tertiary alicyclic amines) is 1. The van der Waals surface area contributed by atoms with Crippen LogP contribution < -0.4 is 0 Å². The maximum Gasteiger partial charge on any atom is 0.410 e. The molecule has 2 atom stereocenters. The van der Waals surface area contributed by atoms with Crippen molar-refractivity contribution in [3.63, 3.8) is 0 Å². The molecule has 1 N–H and O–H groups in total. The predicted molar refractivity (Wildman–Crippen MR) is 75.6 cm³/mol. The van der Waals surface area contributed by atoms with Crippen molar-refractivity contribution in [2.45, 2.75) is 38.3 Å². The van der Waals surface area contributed by atoms with Crippen molar-refractivity contribution >= 4 is 12.1 Å². The third-order valence-electron chi connectivity index (χ3n) is 3.24. The first kappa shape index (κ1) is 16.8. The number of rotatable bonds is 4. The Hall–Kier alpha value is -2.21. The van der Waals surface area contributed by atoms with Crippen LogP contribution in [0, 0.1) is 5.92 Å². The molecule has 0 saturated carbocycles. The Morgan fingerprint density at radius 2 is 2.24 bits per heavy atom. The molecule has 1 aliphatic heterocycles. The molecule has 8 nitrogen and oxygen atoms in total. The number of amides is 1. The zero-order valence-electron chi connectivity index (χ0n) is 12.4. The van der Waals surface area contributed by atoms with Crippen LogP contribution in [0.2, 0.25) is 0 Å². The van der Waals surface area contributed by atoms with E-state index < -0.39 is 29.1 Å². The van der Waals surface area contributed by atoms with Gasteiger partial charge in [-0.1, -0.05) is 11.2 Å². The van der Waals surface area contributed by atoms with Gasteiger partial charge in [-0.05, 0) is 32.7 Å². The number of hydrogen-bond donors (Lipinski definition) is 1. The lowest BCUT2D eigenvalue weighted by Crippen LogP contribution is -2.45. The van der Waals surface area contributed by atoms with Crippen LogP contribution >= 0.6 is 0 Å². The van der Waals surface area contributed by atoms with E-state index in [0.717, 1.165) is 0 Å². The Balaban J connectivity index is 3.06. The number of carbonyl (C=O) groups is 2. The van der Waals surface area contributed by atoms with Crippen molar-refractivity contribution in [2.75, 3.05) is 13.1 Å². The minimum Gasteiger partial charge on any atom is -0.481 e. The lowest BCUT2D eigenvalue weighted by molar-refractivity contribution is -0.144. The molecule has 1 rings (SSSR count). The topological polar surface area (TPSA) is 116 Å². The zero-order chi connectivity index (χ0) is 16.3. The zero-order valence-corrected chi connectivity index (χ0v) is 12.4. The van der Waals surface area contributed by atoms with E-state index in [1.165, 1.54) is 4.90 Å². The van der Waals surface area contributed by atoms with Crippen LogP contribution in [0.1, 0.15) is 27.2 Å². The molecule has 0 spiro atoms.